The molecule has 1 aliphatic rings. The third-order valence-corrected chi connectivity index (χ3v) is 5.63. The zero-order valence-corrected chi connectivity index (χ0v) is 17.2. The molecule has 1 aromatic heterocycles. The van der Waals surface area contributed by atoms with Crippen molar-refractivity contribution >= 4 is 28.3 Å². The number of amides is 2. The quantitative estimate of drug-likeness (QED) is 0.878. The molecule has 1 aliphatic heterocycles. The SMILES string of the molecule is CC(=O)N1CCN(CC(=O)Nc2nc(-c3c(C)cc(C)cc3C)cs2)CC1. The van der Waals surface area contributed by atoms with Gasteiger partial charge >= 0.3 is 0 Å². The van der Waals surface area contributed by atoms with Crippen LogP contribution in [0.2, 0.25) is 0 Å². The van der Waals surface area contributed by atoms with E-state index in [0.717, 1.165) is 24.3 Å². The van der Waals surface area contributed by atoms with Gasteiger partial charge in [-0.3, -0.25) is 14.5 Å². The number of anilines is 1. The van der Waals surface area contributed by atoms with E-state index in [9.17, 15) is 9.59 Å². The van der Waals surface area contributed by atoms with E-state index in [2.05, 4.69) is 48.1 Å². The molecule has 1 saturated heterocycles. The molecule has 2 aromatic rings. The van der Waals surface area contributed by atoms with Gasteiger partial charge in [0.15, 0.2) is 5.13 Å². The molecule has 0 unspecified atom stereocenters. The van der Waals surface area contributed by atoms with Gasteiger partial charge in [0, 0.05) is 44.0 Å². The van der Waals surface area contributed by atoms with Crippen LogP contribution in [0.5, 0.6) is 0 Å². The molecule has 0 bridgehead atoms. The normalized spacial score (nSPS) is 15.0. The van der Waals surface area contributed by atoms with Gasteiger partial charge in [-0.2, -0.15) is 0 Å². The summed E-state index contributed by atoms with van der Waals surface area (Å²) in [7, 11) is 0. The molecule has 0 saturated carbocycles. The summed E-state index contributed by atoms with van der Waals surface area (Å²) in [5.41, 5.74) is 5.67. The Labute approximate surface area is 164 Å². The highest BCUT2D eigenvalue weighted by Crippen LogP contribution is 2.31. The smallest absolute Gasteiger partial charge is 0.240 e. The number of aryl methyl sites for hydroxylation is 3. The summed E-state index contributed by atoms with van der Waals surface area (Å²) < 4.78 is 0. The number of piperazine rings is 1. The van der Waals surface area contributed by atoms with Crippen molar-refractivity contribution in [3.8, 4) is 11.3 Å². The molecule has 3 rings (SSSR count). The number of carbonyl (C=O) groups excluding carboxylic acids is 2. The first-order chi connectivity index (χ1) is 12.8. The minimum Gasteiger partial charge on any atom is -0.340 e. The van der Waals surface area contributed by atoms with E-state index in [0.29, 0.717) is 24.8 Å². The third-order valence-electron chi connectivity index (χ3n) is 4.87. The van der Waals surface area contributed by atoms with Crippen molar-refractivity contribution in [1.29, 1.82) is 0 Å². The third kappa shape index (κ3) is 4.73. The van der Waals surface area contributed by atoms with Crippen LogP contribution in [0, 0.1) is 20.8 Å². The second kappa shape index (κ2) is 8.19. The van der Waals surface area contributed by atoms with E-state index < -0.39 is 0 Å². The fourth-order valence-corrected chi connectivity index (χ4v) is 4.33. The molecule has 2 heterocycles. The molecule has 144 valence electrons. The summed E-state index contributed by atoms with van der Waals surface area (Å²) in [6.07, 6.45) is 0. The summed E-state index contributed by atoms with van der Waals surface area (Å²) in [6.45, 7) is 11.0. The fraction of sp³-hybridized carbons (Fsp3) is 0.450. The lowest BCUT2D eigenvalue weighted by molar-refractivity contribution is -0.130. The number of hydrogen-bond donors (Lipinski definition) is 1. The lowest BCUT2D eigenvalue weighted by Gasteiger charge is -2.33. The number of nitrogens with one attached hydrogen (secondary N) is 1. The predicted octanol–water partition coefficient (Wildman–Crippen LogP) is 2.84. The van der Waals surface area contributed by atoms with Gasteiger partial charge in [-0.15, -0.1) is 11.3 Å². The number of thiazole rings is 1. The second-order valence-corrected chi connectivity index (χ2v) is 8.00. The Hall–Kier alpha value is -2.25. The maximum absolute atomic E-state index is 12.4. The van der Waals surface area contributed by atoms with Crippen LogP contribution in [-0.4, -0.2) is 59.3 Å². The van der Waals surface area contributed by atoms with Crippen molar-refractivity contribution in [3.05, 3.63) is 34.2 Å². The minimum absolute atomic E-state index is 0.0653. The maximum Gasteiger partial charge on any atom is 0.240 e. The monoisotopic (exact) mass is 386 g/mol. The van der Waals surface area contributed by atoms with Crippen LogP contribution in [0.25, 0.3) is 11.3 Å². The molecule has 2 amide bonds. The van der Waals surface area contributed by atoms with Gasteiger partial charge in [-0.1, -0.05) is 17.7 Å². The number of benzene rings is 1. The van der Waals surface area contributed by atoms with E-state index in [1.165, 1.54) is 28.0 Å². The van der Waals surface area contributed by atoms with Crippen LogP contribution in [0.3, 0.4) is 0 Å². The zero-order valence-electron chi connectivity index (χ0n) is 16.3. The molecule has 1 N–H and O–H groups in total. The first-order valence-electron chi connectivity index (χ1n) is 9.15. The number of nitrogens with zero attached hydrogens (tertiary/aromatic N) is 3. The summed E-state index contributed by atoms with van der Waals surface area (Å²) in [5, 5.41) is 5.52. The zero-order chi connectivity index (χ0) is 19.6. The lowest BCUT2D eigenvalue weighted by Crippen LogP contribution is -2.49. The van der Waals surface area contributed by atoms with Gasteiger partial charge in [0.25, 0.3) is 0 Å². The Kier molecular flexibility index (Phi) is 5.92. The summed E-state index contributed by atoms with van der Waals surface area (Å²) >= 11 is 1.45. The van der Waals surface area contributed by atoms with Crippen LogP contribution in [0.4, 0.5) is 5.13 Å². The molecule has 0 aliphatic carbocycles. The van der Waals surface area contributed by atoms with Crippen LogP contribution < -0.4 is 5.32 Å². The Bertz CT molecular complexity index is 830. The van der Waals surface area contributed by atoms with Crippen LogP contribution >= 0.6 is 11.3 Å². The topological polar surface area (TPSA) is 65.5 Å². The number of hydrogen-bond acceptors (Lipinski definition) is 5. The fourth-order valence-electron chi connectivity index (χ4n) is 3.61. The van der Waals surface area contributed by atoms with Gasteiger partial charge in [0.2, 0.25) is 11.8 Å². The highest BCUT2D eigenvalue weighted by atomic mass is 32.1. The van der Waals surface area contributed by atoms with Crippen molar-refractivity contribution in [3.63, 3.8) is 0 Å². The maximum atomic E-state index is 12.4. The predicted molar refractivity (Wildman–Crippen MR) is 109 cm³/mol. The number of aromatic nitrogens is 1. The van der Waals surface area contributed by atoms with Crippen molar-refractivity contribution in [2.24, 2.45) is 0 Å². The Morgan fingerprint density at radius 2 is 1.74 bits per heavy atom. The van der Waals surface area contributed by atoms with E-state index in [-0.39, 0.29) is 11.8 Å². The van der Waals surface area contributed by atoms with Crippen molar-refractivity contribution in [1.82, 2.24) is 14.8 Å². The molecule has 1 fully saturated rings. The van der Waals surface area contributed by atoms with Crippen molar-refractivity contribution < 1.29 is 9.59 Å². The van der Waals surface area contributed by atoms with Crippen LogP contribution in [-0.2, 0) is 9.59 Å². The molecule has 0 radical (unpaired) electrons. The molecule has 0 spiro atoms. The highest BCUT2D eigenvalue weighted by Gasteiger charge is 2.20. The van der Waals surface area contributed by atoms with E-state index in [4.69, 9.17) is 0 Å². The van der Waals surface area contributed by atoms with Gasteiger partial charge in [0.05, 0.1) is 12.2 Å². The molecule has 1 aromatic carbocycles. The largest absolute Gasteiger partial charge is 0.340 e. The standard InChI is InChI=1S/C20H26N4O2S/c1-13-9-14(2)19(15(3)10-13)17-12-27-20(21-17)22-18(26)11-23-5-7-24(8-6-23)16(4)25/h9-10,12H,5-8,11H2,1-4H3,(H,21,22,26). The molecule has 6 nitrogen and oxygen atoms in total. The van der Waals surface area contributed by atoms with Gasteiger partial charge in [0.1, 0.15) is 0 Å². The lowest BCUT2D eigenvalue weighted by atomic mass is 9.98. The summed E-state index contributed by atoms with van der Waals surface area (Å²) in [4.78, 5) is 32.2. The summed E-state index contributed by atoms with van der Waals surface area (Å²) in [5.74, 6) is 0.0284. The van der Waals surface area contributed by atoms with E-state index >= 15 is 0 Å². The van der Waals surface area contributed by atoms with E-state index in [1.807, 2.05) is 10.3 Å². The summed E-state index contributed by atoms with van der Waals surface area (Å²) in [6, 6.07) is 4.31. The van der Waals surface area contributed by atoms with Crippen molar-refractivity contribution in [2.45, 2.75) is 27.7 Å². The highest BCUT2D eigenvalue weighted by molar-refractivity contribution is 7.14. The second-order valence-electron chi connectivity index (χ2n) is 7.14. The van der Waals surface area contributed by atoms with Crippen LogP contribution in [0.15, 0.2) is 17.5 Å². The number of rotatable bonds is 4. The molecule has 7 heteroatoms. The van der Waals surface area contributed by atoms with E-state index in [1.54, 1.807) is 6.92 Å². The Morgan fingerprint density at radius 1 is 1.11 bits per heavy atom. The molecular weight excluding hydrogens is 360 g/mol. The Morgan fingerprint density at radius 3 is 2.33 bits per heavy atom. The van der Waals surface area contributed by atoms with Gasteiger partial charge in [-0.25, -0.2) is 4.98 Å². The minimum atomic E-state index is -0.0653. The molecular formula is C20H26N4O2S. The first kappa shape index (κ1) is 19.5. The molecule has 27 heavy (non-hydrogen) atoms. The average Bonchev–Trinajstić information content (AvgIpc) is 3.02. The molecule has 0 atom stereocenters. The van der Waals surface area contributed by atoms with Crippen LogP contribution in [0.1, 0.15) is 23.6 Å². The van der Waals surface area contributed by atoms with Gasteiger partial charge in [-0.05, 0) is 31.9 Å². The van der Waals surface area contributed by atoms with Gasteiger partial charge < -0.3 is 10.2 Å². The Balaban J connectivity index is 1.60. The van der Waals surface area contributed by atoms with Crippen molar-refractivity contribution in [2.75, 3.05) is 38.0 Å². The average molecular weight is 387 g/mol. The first-order valence-corrected chi connectivity index (χ1v) is 10.0. The number of carbonyl (C=O) groups is 2.